The third-order valence-electron chi connectivity index (χ3n) is 2.80. The van der Waals surface area contributed by atoms with Crippen molar-refractivity contribution in [1.82, 2.24) is 10.2 Å². The lowest BCUT2D eigenvalue weighted by atomic mass is 10.1. The van der Waals surface area contributed by atoms with Crippen LogP contribution in [0.25, 0.3) is 0 Å². The fraction of sp³-hybridized carbons (Fsp3) is 1.00. The minimum absolute atomic E-state index is 0. The maximum Gasteiger partial charge on any atom is 0.404 e. The van der Waals surface area contributed by atoms with E-state index in [9.17, 15) is 13.2 Å². The summed E-state index contributed by atoms with van der Waals surface area (Å²) in [4.78, 5) is 1.56. The Balaban J connectivity index is 0. The largest absolute Gasteiger partial charge is 0.404 e. The number of alkyl halides is 3. The molecular formula is C10H21Cl2F3N2. The van der Waals surface area contributed by atoms with E-state index in [2.05, 4.69) is 5.32 Å². The molecule has 1 N–H and O–H groups in total. The average molecular weight is 297 g/mol. The molecule has 0 aliphatic carbocycles. The summed E-state index contributed by atoms with van der Waals surface area (Å²) in [7, 11) is 0. The molecule has 0 amide bonds. The molecule has 0 aromatic rings. The predicted octanol–water partition coefficient (Wildman–Crippen LogP) is 2.86. The third kappa shape index (κ3) is 6.70. The summed E-state index contributed by atoms with van der Waals surface area (Å²) in [5, 5.41) is 3.07. The van der Waals surface area contributed by atoms with Gasteiger partial charge in [-0.2, -0.15) is 13.2 Å². The van der Waals surface area contributed by atoms with Crippen LogP contribution >= 0.6 is 24.8 Å². The summed E-state index contributed by atoms with van der Waals surface area (Å²) in [6.07, 6.45) is -2.38. The Morgan fingerprint density at radius 1 is 1.18 bits per heavy atom. The molecule has 0 spiro atoms. The van der Waals surface area contributed by atoms with Crippen LogP contribution in [0, 0.1) is 0 Å². The zero-order chi connectivity index (χ0) is 11.3. The summed E-state index contributed by atoms with van der Waals surface area (Å²) < 4.78 is 38.3. The Morgan fingerprint density at radius 2 is 1.71 bits per heavy atom. The number of nitrogens with one attached hydrogen (secondary N) is 1. The molecule has 0 bridgehead atoms. The van der Waals surface area contributed by atoms with E-state index in [1.165, 1.54) is 0 Å². The van der Waals surface area contributed by atoms with Gasteiger partial charge < -0.3 is 5.32 Å². The van der Waals surface area contributed by atoms with Crippen LogP contribution in [0.2, 0.25) is 0 Å². The van der Waals surface area contributed by atoms with Crippen molar-refractivity contribution in [3.8, 4) is 0 Å². The van der Waals surface area contributed by atoms with Crippen molar-refractivity contribution >= 4 is 24.8 Å². The number of rotatable bonds is 4. The normalized spacial score (nSPS) is 19.1. The van der Waals surface area contributed by atoms with Crippen molar-refractivity contribution in [2.24, 2.45) is 0 Å². The van der Waals surface area contributed by atoms with Crippen LogP contribution in [0.15, 0.2) is 0 Å². The van der Waals surface area contributed by atoms with Crippen molar-refractivity contribution in [2.45, 2.75) is 38.4 Å². The molecule has 0 radical (unpaired) electrons. The Morgan fingerprint density at radius 3 is 2.12 bits per heavy atom. The first-order chi connectivity index (χ1) is 7.05. The third-order valence-corrected chi connectivity index (χ3v) is 2.80. The monoisotopic (exact) mass is 296 g/mol. The van der Waals surface area contributed by atoms with Gasteiger partial charge in [-0.25, -0.2) is 0 Å². The van der Waals surface area contributed by atoms with Gasteiger partial charge in [-0.3, -0.25) is 4.90 Å². The Bertz CT molecular complexity index is 185. The molecule has 0 unspecified atom stereocenters. The Kier molecular flexibility index (Phi) is 10.7. The van der Waals surface area contributed by atoms with Crippen LogP contribution < -0.4 is 5.32 Å². The molecule has 0 aromatic heterocycles. The van der Waals surface area contributed by atoms with Crippen molar-refractivity contribution in [3.63, 3.8) is 0 Å². The van der Waals surface area contributed by atoms with Gasteiger partial charge in [0.15, 0.2) is 0 Å². The fourth-order valence-corrected chi connectivity index (χ4v) is 1.94. The molecule has 17 heavy (non-hydrogen) atoms. The van der Waals surface area contributed by atoms with Gasteiger partial charge in [0, 0.05) is 26.2 Å². The Hall–Kier alpha value is 0.290. The first-order valence-electron chi connectivity index (χ1n) is 5.57. The molecular weight excluding hydrogens is 276 g/mol. The molecule has 0 saturated carbocycles. The first kappa shape index (κ1) is 19.6. The van der Waals surface area contributed by atoms with Crippen LogP contribution in [0.1, 0.15) is 26.2 Å². The highest BCUT2D eigenvalue weighted by Gasteiger charge is 2.42. The minimum Gasteiger partial charge on any atom is -0.314 e. The number of halogens is 5. The molecule has 1 atom stereocenters. The second kappa shape index (κ2) is 9.25. The second-order valence-electron chi connectivity index (χ2n) is 3.99. The highest BCUT2D eigenvalue weighted by molar-refractivity contribution is 5.85. The van der Waals surface area contributed by atoms with Gasteiger partial charge in [-0.05, 0) is 6.42 Å². The summed E-state index contributed by atoms with van der Waals surface area (Å²) in [6.45, 7) is 4.27. The highest BCUT2D eigenvalue weighted by Crippen LogP contribution is 2.28. The van der Waals surface area contributed by atoms with E-state index in [1.807, 2.05) is 6.92 Å². The number of unbranched alkanes of at least 4 members (excludes halogenated alkanes) is 1. The molecule has 0 aromatic carbocycles. The lowest BCUT2D eigenvalue weighted by Crippen LogP contribution is -2.53. The number of hydrogen-bond donors (Lipinski definition) is 1. The molecule has 7 heteroatoms. The van der Waals surface area contributed by atoms with Crippen LogP contribution in [0.5, 0.6) is 0 Å². The lowest BCUT2D eigenvalue weighted by Gasteiger charge is -2.35. The van der Waals surface area contributed by atoms with Crippen molar-refractivity contribution < 1.29 is 13.2 Å². The topological polar surface area (TPSA) is 15.3 Å². The van der Waals surface area contributed by atoms with E-state index in [-0.39, 0.29) is 31.2 Å². The van der Waals surface area contributed by atoms with Gasteiger partial charge >= 0.3 is 6.18 Å². The van der Waals surface area contributed by atoms with Gasteiger partial charge in [0.2, 0.25) is 0 Å². The summed E-state index contributed by atoms with van der Waals surface area (Å²) >= 11 is 0. The van der Waals surface area contributed by atoms with Gasteiger partial charge in [0.1, 0.15) is 6.04 Å². The van der Waals surface area contributed by atoms with E-state index in [1.54, 1.807) is 4.90 Å². The summed E-state index contributed by atoms with van der Waals surface area (Å²) in [5.74, 6) is 0. The molecule has 1 heterocycles. The SMILES string of the molecule is CCCC[C@H](N1CCNCC1)C(F)(F)F.Cl.Cl. The number of hydrogen-bond acceptors (Lipinski definition) is 2. The average Bonchev–Trinajstić information content (AvgIpc) is 2.18. The van der Waals surface area contributed by atoms with Gasteiger partial charge in [-0.15, -0.1) is 24.8 Å². The molecule has 106 valence electrons. The fourth-order valence-electron chi connectivity index (χ4n) is 1.94. The van der Waals surface area contributed by atoms with Crippen LogP contribution in [0.4, 0.5) is 13.2 Å². The maximum atomic E-state index is 12.8. The van der Waals surface area contributed by atoms with E-state index in [4.69, 9.17) is 0 Å². The van der Waals surface area contributed by atoms with E-state index in [0.29, 0.717) is 32.6 Å². The van der Waals surface area contributed by atoms with Crippen molar-refractivity contribution in [1.29, 1.82) is 0 Å². The molecule has 1 saturated heterocycles. The van der Waals surface area contributed by atoms with Crippen molar-refractivity contribution in [3.05, 3.63) is 0 Å². The maximum absolute atomic E-state index is 12.8. The summed E-state index contributed by atoms with van der Waals surface area (Å²) in [6, 6.07) is -1.24. The van der Waals surface area contributed by atoms with Crippen LogP contribution in [0.3, 0.4) is 0 Å². The number of nitrogens with zero attached hydrogens (tertiary/aromatic N) is 1. The Labute approximate surface area is 113 Å². The molecule has 2 nitrogen and oxygen atoms in total. The van der Waals surface area contributed by atoms with Gasteiger partial charge in [0.05, 0.1) is 0 Å². The molecule has 1 aliphatic rings. The molecule has 1 fully saturated rings. The molecule has 1 rings (SSSR count). The zero-order valence-corrected chi connectivity index (χ0v) is 11.6. The first-order valence-corrected chi connectivity index (χ1v) is 5.57. The zero-order valence-electron chi connectivity index (χ0n) is 9.92. The molecule has 1 aliphatic heterocycles. The van der Waals surface area contributed by atoms with Crippen molar-refractivity contribution in [2.75, 3.05) is 26.2 Å². The second-order valence-corrected chi connectivity index (χ2v) is 3.99. The standard InChI is InChI=1S/C10H19F3N2.2ClH/c1-2-3-4-9(10(11,12)13)15-7-5-14-6-8-15;;/h9,14H,2-8H2,1H3;2*1H/t9-;;/m0../s1. The predicted molar refractivity (Wildman–Crippen MR) is 68.3 cm³/mol. The van der Waals surface area contributed by atoms with Crippen LogP contribution in [-0.4, -0.2) is 43.3 Å². The summed E-state index contributed by atoms with van der Waals surface area (Å²) in [5.41, 5.74) is 0. The van der Waals surface area contributed by atoms with Gasteiger partial charge in [-0.1, -0.05) is 19.8 Å². The van der Waals surface area contributed by atoms with E-state index in [0.717, 1.165) is 6.42 Å². The number of piperazine rings is 1. The van der Waals surface area contributed by atoms with E-state index < -0.39 is 12.2 Å². The van der Waals surface area contributed by atoms with Gasteiger partial charge in [0.25, 0.3) is 0 Å². The minimum atomic E-state index is -4.08. The van der Waals surface area contributed by atoms with Crippen LogP contribution in [-0.2, 0) is 0 Å². The quantitative estimate of drug-likeness (QED) is 0.858. The highest BCUT2D eigenvalue weighted by atomic mass is 35.5. The smallest absolute Gasteiger partial charge is 0.314 e. The lowest BCUT2D eigenvalue weighted by molar-refractivity contribution is -0.187. The van der Waals surface area contributed by atoms with E-state index >= 15 is 0 Å².